The van der Waals surface area contributed by atoms with Gasteiger partial charge in [-0.3, -0.25) is 4.79 Å². The Morgan fingerprint density at radius 2 is 1.66 bits per heavy atom. The lowest BCUT2D eigenvalue weighted by Gasteiger charge is -2.17. The summed E-state index contributed by atoms with van der Waals surface area (Å²) < 4.78 is 29.4. The van der Waals surface area contributed by atoms with Gasteiger partial charge in [0.15, 0.2) is 0 Å². The van der Waals surface area contributed by atoms with Crippen LogP contribution in [0.1, 0.15) is 19.8 Å². The number of para-hydroxylation sites is 2. The van der Waals surface area contributed by atoms with Crippen molar-refractivity contribution in [2.24, 2.45) is 0 Å². The highest BCUT2D eigenvalue weighted by molar-refractivity contribution is 5.97. The van der Waals surface area contributed by atoms with Gasteiger partial charge < -0.3 is 26.0 Å². The van der Waals surface area contributed by atoms with Crippen LogP contribution in [0.15, 0.2) is 48.5 Å². The molecule has 0 saturated heterocycles. The molecule has 7 nitrogen and oxygen atoms in total. The van der Waals surface area contributed by atoms with E-state index >= 15 is 0 Å². The molecule has 1 atom stereocenters. The van der Waals surface area contributed by atoms with Gasteiger partial charge in [0.25, 0.3) is 0 Å². The predicted octanol–water partition coefficient (Wildman–Crippen LogP) is 4.01. The zero-order chi connectivity index (χ0) is 20.8. The lowest BCUT2D eigenvalue weighted by Crippen LogP contribution is -2.32. The lowest BCUT2D eigenvalue weighted by molar-refractivity contribution is -0.116. The minimum Gasteiger partial charge on any atom is -0.433 e. The van der Waals surface area contributed by atoms with E-state index in [0.29, 0.717) is 11.4 Å². The molecule has 9 heteroatoms. The Morgan fingerprint density at radius 1 is 1.00 bits per heavy atom. The average Bonchev–Trinajstić information content (AvgIpc) is 3.48. The number of nitrogens with one attached hydrogen (secondary N) is 4. The Balaban J connectivity index is 1.53. The second-order valence-electron chi connectivity index (χ2n) is 6.68. The molecule has 1 aliphatic carbocycles. The second kappa shape index (κ2) is 9.22. The quantitative estimate of drug-likeness (QED) is 0.535. The number of ether oxygens (including phenoxy) is 1. The number of hydrogen-bond donors (Lipinski definition) is 4. The Kier molecular flexibility index (Phi) is 6.48. The van der Waals surface area contributed by atoms with Crippen LogP contribution in [0.5, 0.6) is 5.75 Å². The van der Waals surface area contributed by atoms with Gasteiger partial charge in [0.05, 0.1) is 5.69 Å². The fourth-order valence-electron chi connectivity index (χ4n) is 2.56. The monoisotopic (exact) mass is 404 g/mol. The third kappa shape index (κ3) is 6.34. The van der Waals surface area contributed by atoms with Crippen LogP contribution in [-0.2, 0) is 4.79 Å². The van der Waals surface area contributed by atoms with Crippen molar-refractivity contribution >= 4 is 29.0 Å². The average molecular weight is 404 g/mol. The Morgan fingerprint density at radius 3 is 2.31 bits per heavy atom. The first-order valence-corrected chi connectivity index (χ1v) is 9.19. The number of anilines is 3. The highest BCUT2D eigenvalue weighted by Crippen LogP contribution is 2.26. The molecule has 29 heavy (non-hydrogen) atoms. The van der Waals surface area contributed by atoms with Crippen LogP contribution < -0.4 is 26.0 Å². The Hall–Kier alpha value is -3.36. The van der Waals surface area contributed by atoms with Gasteiger partial charge in [-0.05, 0) is 56.2 Å². The maximum Gasteiger partial charge on any atom is 0.387 e. The third-order valence-electron chi connectivity index (χ3n) is 4.19. The summed E-state index contributed by atoms with van der Waals surface area (Å²) in [7, 11) is 0. The van der Waals surface area contributed by atoms with Gasteiger partial charge in [-0.15, -0.1) is 0 Å². The minimum atomic E-state index is -2.98. The van der Waals surface area contributed by atoms with Crippen LogP contribution in [0.4, 0.5) is 30.6 Å². The molecular weight excluding hydrogens is 382 g/mol. The number of amides is 3. The smallest absolute Gasteiger partial charge is 0.387 e. The largest absolute Gasteiger partial charge is 0.433 e. The summed E-state index contributed by atoms with van der Waals surface area (Å²) in [6.45, 7) is -1.34. The molecule has 0 aliphatic heterocycles. The van der Waals surface area contributed by atoms with E-state index in [0.717, 1.165) is 12.8 Å². The maximum absolute atomic E-state index is 12.5. The van der Waals surface area contributed by atoms with Crippen molar-refractivity contribution in [3.8, 4) is 5.75 Å². The van der Waals surface area contributed by atoms with Gasteiger partial charge in [0.1, 0.15) is 11.8 Å². The molecule has 1 aliphatic rings. The number of carbonyl (C=O) groups is 2. The van der Waals surface area contributed by atoms with Gasteiger partial charge in [-0.1, -0.05) is 12.1 Å². The van der Waals surface area contributed by atoms with Crippen molar-refractivity contribution < 1.29 is 23.1 Å². The minimum absolute atomic E-state index is 0.108. The lowest BCUT2D eigenvalue weighted by atomic mass is 10.2. The standard InChI is InChI=1S/C20H22F2N4O3/c1-12(18(27)26-16-4-2-3-5-17(16)29-19(21)22)23-13-6-8-14(9-7-13)24-20(28)25-15-10-11-15/h2-9,12,15,19,23H,10-11H2,1H3,(H,26,27)(H2,24,25,28). The summed E-state index contributed by atoms with van der Waals surface area (Å²) in [5.41, 5.74) is 1.45. The molecule has 2 aromatic rings. The first-order valence-electron chi connectivity index (χ1n) is 9.19. The van der Waals surface area contributed by atoms with E-state index < -0.39 is 18.6 Å². The Bertz CT molecular complexity index is 857. The van der Waals surface area contributed by atoms with E-state index in [-0.39, 0.29) is 23.5 Å². The summed E-state index contributed by atoms with van der Waals surface area (Å²) in [4.78, 5) is 24.1. The topological polar surface area (TPSA) is 91.5 Å². The number of alkyl halides is 2. The number of hydrogen-bond acceptors (Lipinski definition) is 4. The van der Waals surface area contributed by atoms with E-state index in [1.165, 1.54) is 18.2 Å². The van der Waals surface area contributed by atoms with E-state index in [1.807, 2.05) is 0 Å². The van der Waals surface area contributed by atoms with E-state index in [1.54, 1.807) is 37.3 Å². The van der Waals surface area contributed by atoms with Crippen LogP contribution >= 0.6 is 0 Å². The number of benzene rings is 2. The van der Waals surface area contributed by atoms with Gasteiger partial charge in [0, 0.05) is 17.4 Å². The van der Waals surface area contributed by atoms with Crippen LogP contribution in [-0.4, -0.2) is 30.6 Å². The van der Waals surface area contributed by atoms with Gasteiger partial charge in [-0.2, -0.15) is 8.78 Å². The zero-order valence-corrected chi connectivity index (χ0v) is 15.7. The van der Waals surface area contributed by atoms with Crippen LogP contribution in [0.25, 0.3) is 0 Å². The summed E-state index contributed by atoms with van der Waals surface area (Å²) >= 11 is 0. The van der Waals surface area contributed by atoms with Crippen molar-refractivity contribution in [2.75, 3.05) is 16.0 Å². The molecule has 4 N–H and O–H groups in total. The van der Waals surface area contributed by atoms with Gasteiger partial charge in [0.2, 0.25) is 5.91 Å². The van der Waals surface area contributed by atoms with E-state index in [2.05, 4.69) is 26.0 Å². The number of carbonyl (C=O) groups excluding carboxylic acids is 2. The fraction of sp³-hybridized carbons (Fsp3) is 0.300. The molecular formula is C20H22F2N4O3. The van der Waals surface area contributed by atoms with Gasteiger partial charge in [-0.25, -0.2) is 4.79 Å². The van der Waals surface area contributed by atoms with Crippen molar-refractivity contribution in [3.05, 3.63) is 48.5 Å². The number of halogens is 2. The Labute approximate surface area is 166 Å². The zero-order valence-electron chi connectivity index (χ0n) is 15.7. The van der Waals surface area contributed by atoms with E-state index in [9.17, 15) is 18.4 Å². The fourth-order valence-corrected chi connectivity index (χ4v) is 2.56. The maximum atomic E-state index is 12.5. The molecule has 1 fully saturated rings. The molecule has 1 unspecified atom stereocenters. The molecule has 0 heterocycles. The van der Waals surface area contributed by atoms with Crippen molar-refractivity contribution in [3.63, 3.8) is 0 Å². The molecule has 154 valence electrons. The normalized spacial score (nSPS) is 14.1. The highest BCUT2D eigenvalue weighted by Gasteiger charge is 2.23. The van der Waals surface area contributed by atoms with Gasteiger partial charge >= 0.3 is 12.6 Å². The van der Waals surface area contributed by atoms with E-state index in [4.69, 9.17) is 0 Å². The van der Waals surface area contributed by atoms with Crippen molar-refractivity contribution in [2.45, 2.75) is 38.5 Å². The molecule has 2 aromatic carbocycles. The summed E-state index contributed by atoms with van der Waals surface area (Å²) in [6.07, 6.45) is 2.02. The molecule has 0 aromatic heterocycles. The molecule has 1 saturated carbocycles. The first kappa shape index (κ1) is 20.4. The van der Waals surface area contributed by atoms with Crippen molar-refractivity contribution in [1.29, 1.82) is 0 Å². The molecule has 3 rings (SSSR count). The summed E-state index contributed by atoms with van der Waals surface area (Å²) in [5, 5.41) is 11.2. The number of urea groups is 1. The molecule has 3 amide bonds. The molecule has 0 radical (unpaired) electrons. The van der Waals surface area contributed by atoms with Crippen LogP contribution in [0, 0.1) is 0 Å². The molecule has 0 bridgehead atoms. The summed E-state index contributed by atoms with van der Waals surface area (Å²) in [5.74, 6) is -0.524. The predicted molar refractivity (Wildman–Crippen MR) is 106 cm³/mol. The third-order valence-corrected chi connectivity index (χ3v) is 4.19. The van der Waals surface area contributed by atoms with Crippen molar-refractivity contribution in [1.82, 2.24) is 5.32 Å². The highest BCUT2D eigenvalue weighted by atomic mass is 19.3. The summed E-state index contributed by atoms with van der Waals surface area (Å²) in [6, 6.07) is 12.2. The second-order valence-corrected chi connectivity index (χ2v) is 6.68. The SMILES string of the molecule is CC(Nc1ccc(NC(=O)NC2CC2)cc1)C(=O)Nc1ccccc1OC(F)F. The number of rotatable bonds is 8. The van der Waals surface area contributed by atoms with Crippen LogP contribution in [0.2, 0.25) is 0 Å². The first-order chi connectivity index (χ1) is 13.9. The van der Waals surface area contributed by atoms with Crippen LogP contribution in [0.3, 0.4) is 0 Å². The molecule has 0 spiro atoms.